The van der Waals surface area contributed by atoms with E-state index in [0.29, 0.717) is 12.2 Å². The Kier molecular flexibility index (Phi) is 6.98. The summed E-state index contributed by atoms with van der Waals surface area (Å²) in [6, 6.07) is 5.58. The van der Waals surface area contributed by atoms with E-state index in [1.165, 1.54) is 0 Å². The van der Waals surface area contributed by atoms with Gasteiger partial charge in [0.1, 0.15) is 0 Å². The Morgan fingerprint density at radius 1 is 1.27 bits per heavy atom. The van der Waals surface area contributed by atoms with Gasteiger partial charge in [0.05, 0.1) is 12.5 Å². The predicted molar refractivity (Wildman–Crippen MR) is 66.8 cm³/mol. The van der Waals surface area contributed by atoms with E-state index in [9.17, 15) is 15.0 Å². The molecule has 0 unspecified atom stereocenters. The fraction of sp³-hybridized carbons (Fsp3) is 0.0769. The Balaban J connectivity index is 0.00000121. The number of anilines is 2. The molecule has 0 spiro atoms. The molecule has 100 valence electrons. The third-order valence-electron chi connectivity index (χ3n) is 2.87. The van der Waals surface area contributed by atoms with Crippen molar-refractivity contribution in [2.45, 2.75) is 6.54 Å². The summed E-state index contributed by atoms with van der Waals surface area (Å²) in [7, 11) is 0. The minimum atomic E-state index is -1.59. The number of benzene rings is 1. The Morgan fingerprint density at radius 3 is 2.73 bits per heavy atom. The largest absolute Gasteiger partial charge is 1.00 e. The van der Waals surface area contributed by atoms with Crippen molar-refractivity contribution in [1.82, 2.24) is 9.97 Å². The van der Waals surface area contributed by atoms with Gasteiger partial charge in [-0.15, -0.1) is 0 Å². The van der Waals surface area contributed by atoms with Crippen LogP contribution in [0.3, 0.4) is 0 Å². The third kappa shape index (κ3) is 4.07. The first-order valence-electron chi connectivity index (χ1n) is 5.78. The molecule has 0 fully saturated rings. The Hall–Kier alpha value is -0.960. The van der Waals surface area contributed by atoms with Gasteiger partial charge >= 0.3 is 59.1 Å². The number of carboxylic acids is 1. The van der Waals surface area contributed by atoms with Crippen molar-refractivity contribution in [1.29, 1.82) is 0 Å². The Bertz CT molecular complexity index is 737. The molecule has 1 N–H and O–H groups in total. The van der Waals surface area contributed by atoms with Crippen molar-refractivity contribution in [3.8, 4) is 5.88 Å². The molecule has 1 aromatic heterocycles. The van der Waals surface area contributed by atoms with Gasteiger partial charge in [0.25, 0.3) is 0 Å². The van der Waals surface area contributed by atoms with Gasteiger partial charge in [0.2, 0.25) is 5.95 Å². The number of nitrogens with zero attached hydrogens (tertiary/aromatic N) is 3. The van der Waals surface area contributed by atoms with Crippen molar-refractivity contribution < 1.29 is 74.1 Å². The van der Waals surface area contributed by atoms with E-state index in [1.54, 1.807) is 6.21 Å². The molecule has 1 aromatic carbocycles. The number of aromatic carboxylic acids is 1. The standard InChI is InChI=1S/C13H10N4O3.2Na/c18-11-10(12(19)20)6-15-13(17-11)16-9-2-1-7-4-14-5-8(7)3-9;;/h1-3,5-6H,4H2,(H,19,20)(H2,15,16,17,18);;/q;2*+1/p-2. The number of nitrogens with one attached hydrogen (secondary N) is 1. The topological polar surface area (TPSA) is 113 Å². The number of fused-ring (bicyclic) bond motifs is 1. The second-order valence-electron chi connectivity index (χ2n) is 4.21. The quantitative estimate of drug-likeness (QED) is 0.564. The first-order chi connectivity index (χ1) is 9.63. The second kappa shape index (κ2) is 8.05. The number of rotatable bonds is 3. The molecule has 0 radical (unpaired) electrons. The zero-order valence-electron chi connectivity index (χ0n) is 12.2. The minimum absolute atomic E-state index is 0. The maximum absolute atomic E-state index is 11.4. The molecule has 1 aliphatic rings. The van der Waals surface area contributed by atoms with Gasteiger partial charge < -0.3 is 20.3 Å². The molecule has 0 saturated carbocycles. The molecule has 0 saturated heterocycles. The number of aromatic nitrogens is 2. The molecule has 3 rings (SSSR count). The molecule has 0 amide bonds. The fourth-order valence-corrected chi connectivity index (χ4v) is 1.87. The first-order valence-corrected chi connectivity index (χ1v) is 5.78. The van der Waals surface area contributed by atoms with E-state index < -0.39 is 17.4 Å². The summed E-state index contributed by atoms with van der Waals surface area (Å²) in [5.41, 5.74) is 2.24. The number of carbonyl (C=O) groups is 1. The summed E-state index contributed by atoms with van der Waals surface area (Å²) < 4.78 is 0. The van der Waals surface area contributed by atoms with Gasteiger partial charge in [-0.25, -0.2) is 9.97 Å². The number of aliphatic imine (C=N–C) groups is 1. The van der Waals surface area contributed by atoms with Crippen LogP contribution in [0.2, 0.25) is 0 Å². The maximum atomic E-state index is 11.4. The molecule has 9 heteroatoms. The minimum Gasteiger partial charge on any atom is -0.858 e. The molecule has 0 atom stereocenters. The molecule has 7 nitrogen and oxygen atoms in total. The van der Waals surface area contributed by atoms with Crippen molar-refractivity contribution in [2.24, 2.45) is 4.99 Å². The van der Waals surface area contributed by atoms with Gasteiger partial charge in [0.15, 0.2) is 0 Å². The molecular formula is C13H8N4Na2O3. The van der Waals surface area contributed by atoms with Gasteiger partial charge in [0, 0.05) is 29.5 Å². The summed E-state index contributed by atoms with van der Waals surface area (Å²) in [5.74, 6) is -2.43. The van der Waals surface area contributed by atoms with Crippen molar-refractivity contribution in [3.63, 3.8) is 0 Å². The molecule has 0 aliphatic carbocycles. The van der Waals surface area contributed by atoms with E-state index in [1.807, 2.05) is 18.2 Å². The van der Waals surface area contributed by atoms with Crippen LogP contribution in [0.5, 0.6) is 5.88 Å². The number of carboxylic acid groups (broad SMARTS) is 1. The molecule has 1 aliphatic heterocycles. The monoisotopic (exact) mass is 314 g/mol. The van der Waals surface area contributed by atoms with Crippen LogP contribution in [0.15, 0.2) is 29.4 Å². The van der Waals surface area contributed by atoms with Crippen LogP contribution in [-0.4, -0.2) is 22.2 Å². The molecule has 0 bridgehead atoms. The van der Waals surface area contributed by atoms with Crippen LogP contribution in [0.1, 0.15) is 21.5 Å². The maximum Gasteiger partial charge on any atom is 1.00 e. The molecule has 22 heavy (non-hydrogen) atoms. The van der Waals surface area contributed by atoms with Gasteiger partial charge in [-0.2, -0.15) is 0 Å². The summed E-state index contributed by atoms with van der Waals surface area (Å²) in [4.78, 5) is 22.1. The number of carbonyl (C=O) groups excluding carboxylic acids is 1. The van der Waals surface area contributed by atoms with Crippen LogP contribution < -0.4 is 74.6 Å². The number of hydrogen-bond donors (Lipinski definition) is 1. The average Bonchev–Trinajstić information content (AvgIpc) is 2.85. The van der Waals surface area contributed by atoms with E-state index in [0.717, 1.165) is 17.3 Å². The summed E-state index contributed by atoms with van der Waals surface area (Å²) >= 11 is 0. The molecule has 2 aromatic rings. The van der Waals surface area contributed by atoms with E-state index >= 15 is 0 Å². The average molecular weight is 314 g/mol. The predicted octanol–water partition coefficient (Wildman–Crippen LogP) is -6.40. The summed E-state index contributed by atoms with van der Waals surface area (Å²) in [5, 5.41) is 24.9. The van der Waals surface area contributed by atoms with Crippen molar-refractivity contribution in [3.05, 3.63) is 41.1 Å². The van der Waals surface area contributed by atoms with Crippen LogP contribution in [-0.2, 0) is 6.54 Å². The zero-order valence-corrected chi connectivity index (χ0v) is 16.2. The first kappa shape index (κ1) is 19.1. The smallest absolute Gasteiger partial charge is 0.858 e. The molecule has 2 heterocycles. The van der Waals surface area contributed by atoms with Crippen LogP contribution in [0.4, 0.5) is 11.6 Å². The van der Waals surface area contributed by atoms with E-state index in [2.05, 4.69) is 20.3 Å². The van der Waals surface area contributed by atoms with E-state index in [-0.39, 0.29) is 65.1 Å². The summed E-state index contributed by atoms with van der Waals surface area (Å²) in [6.45, 7) is 0.664. The van der Waals surface area contributed by atoms with Crippen LogP contribution >= 0.6 is 0 Å². The van der Waals surface area contributed by atoms with Crippen molar-refractivity contribution in [2.75, 3.05) is 5.32 Å². The molecular weight excluding hydrogens is 306 g/mol. The fourth-order valence-electron chi connectivity index (χ4n) is 1.87. The summed E-state index contributed by atoms with van der Waals surface area (Å²) in [6.07, 6.45) is 2.70. The third-order valence-corrected chi connectivity index (χ3v) is 2.87. The van der Waals surface area contributed by atoms with Gasteiger partial charge in [-0.05, 0) is 23.3 Å². The van der Waals surface area contributed by atoms with Crippen molar-refractivity contribution >= 4 is 23.8 Å². The van der Waals surface area contributed by atoms with Crippen LogP contribution in [0.25, 0.3) is 0 Å². The Morgan fingerprint density at radius 2 is 2.05 bits per heavy atom. The van der Waals surface area contributed by atoms with Crippen LogP contribution in [0, 0.1) is 0 Å². The number of hydrogen-bond acceptors (Lipinski definition) is 7. The zero-order chi connectivity index (χ0) is 14.1. The normalized spacial score (nSPS) is 11.1. The second-order valence-corrected chi connectivity index (χ2v) is 4.21. The SMILES string of the molecule is O=C([O-])c1cnc(Nc2ccc3c(c2)C=NC3)nc1[O-].[Na+].[Na+]. The van der Waals surface area contributed by atoms with Gasteiger partial charge in [-0.3, -0.25) is 4.99 Å². The van der Waals surface area contributed by atoms with E-state index in [4.69, 9.17) is 0 Å². The Labute approximate surface area is 170 Å². The van der Waals surface area contributed by atoms with Gasteiger partial charge in [-0.1, -0.05) is 6.07 Å².